The molecule has 112 valence electrons. The second kappa shape index (κ2) is 11.1. The third-order valence-corrected chi connectivity index (χ3v) is 3.46. The average Bonchev–Trinajstić information content (AvgIpc) is 2.70. The van der Waals surface area contributed by atoms with Crippen LogP contribution in [0.15, 0.2) is 4.99 Å². The molecule has 0 aromatic heterocycles. The van der Waals surface area contributed by atoms with Crippen LogP contribution in [0.1, 0.15) is 32.1 Å². The summed E-state index contributed by atoms with van der Waals surface area (Å²) in [5.74, 6) is 0.894. The van der Waals surface area contributed by atoms with Gasteiger partial charge in [0.25, 0.3) is 0 Å². The minimum absolute atomic E-state index is 0.789. The van der Waals surface area contributed by atoms with Crippen LogP contribution >= 0.6 is 0 Å². The average molecular weight is 270 g/mol. The predicted octanol–water partition coefficient (Wildman–Crippen LogP) is 1.06. The van der Waals surface area contributed by atoms with Gasteiger partial charge in [-0.3, -0.25) is 4.99 Å². The molecule has 1 heterocycles. The Morgan fingerprint density at radius 2 is 1.79 bits per heavy atom. The number of likely N-dealkylation sites (tertiary alicyclic amines) is 1. The maximum Gasteiger partial charge on any atom is 0.191 e. The molecule has 0 aromatic carbocycles. The number of rotatable bonds is 7. The van der Waals surface area contributed by atoms with Crippen molar-refractivity contribution in [3.8, 4) is 0 Å². The van der Waals surface area contributed by atoms with Gasteiger partial charge in [-0.2, -0.15) is 0 Å². The largest absolute Gasteiger partial charge is 0.385 e. The predicted molar refractivity (Wildman–Crippen MR) is 80.8 cm³/mol. The number of methoxy groups -OCH3 is 1. The number of hydrogen-bond donors (Lipinski definition) is 2. The van der Waals surface area contributed by atoms with Crippen molar-refractivity contribution in [2.75, 3.05) is 53.5 Å². The molecule has 0 aromatic rings. The Kier molecular flexibility index (Phi) is 9.45. The van der Waals surface area contributed by atoms with Crippen molar-refractivity contribution in [2.45, 2.75) is 32.1 Å². The van der Waals surface area contributed by atoms with Crippen molar-refractivity contribution in [3.05, 3.63) is 0 Å². The molecule has 1 rings (SSSR count). The quantitative estimate of drug-likeness (QED) is 0.413. The highest BCUT2D eigenvalue weighted by atomic mass is 16.5. The first kappa shape index (κ1) is 16.2. The molecular weight excluding hydrogens is 240 g/mol. The first-order chi connectivity index (χ1) is 9.36. The highest BCUT2D eigenvalue weighted by Crippen LogP contribution is 2.08. The summed E-state index contributed by atoms with van der Waals surface area (Å²) >= 11 is 0. The molecule has 0 atom stereocenters. The van der Waals surface area contributed by atoms with Crippen LogP contribution < -0.4 is 10.6 Å². The third-order valence-electron chi connectivity index (χ3n) is 3.46. The van der Waals surface area contributed by atoms with Crippen molar-refractivity contribution >= 4 is 5.96 Å². The SMILES string of the molecule is CN=C(NCCCOC)NCCN1CCCCCC1. The van der Waals surface area contributed by atoms with Gasteiger partial charge in [0.2, 0.25) is 0 Å². The summed E-state index contributed by atoms with van der Waals surface area (Å²) in [4.78, 5) is 6.78. The fourth-order valence-electron chi connectivity index (χ4n) is 2.34. The van der Waals surface area contributed by atoms with Gasteiger partial charge in [-0.25, -0.2) is 0 Å². The topological polar surface area (TPSA) is 48.9 Å². The molecule has 0 aliphatic carbocycles. The Balaban J connectivity index is 2.08. The molecule has 0 bridgehead atoms. The molecular formula is C14H30N4O. The number of nitrogens with zero attached hydrogens (tertiary/aromatic N) is 2. The second-order valence-electron chi connectivity index (χ2n) is 5.03. The zero-order valence-corrected chi connectivity index (χ0v) is 12.6. The number of guanidine groups is 1. The molecule has 5 nitrogen and oxygen atoms in total. The number of ether oxygens (including phenoxy) is 1. The van der Waals surface area contributed by atoms with Crippen LogP contribution in [0.3, 0.4) is 0 Å². The van der Waals surface area contributed by atoms with Crippen LogP contribution in [-0.2, 0) is 4.74 Å². The van der Waals surface area contributed by atoms with E-state index in [-0.39, 0.29) is 0 Å². The van der Waals surface area contributed by atoms with Gasteiger partial charge in [0.15, 0.2) is 5.96 Å². The van der Waals surface area contributed by atoms with E-state index in [2.05, 4.69) is 20.5 Å². The summed E-state index contributed by atoms with van der Waals surface area (Å²) in [5.41, 5.74) is 0. The van der Waals surface area contributed by atoms with Gasteiger partial charge in [0.05, 0.1) is 0 Å². The van der Waals surface area contributed by atoms with E-state index in [4.69, 9.17) is 4.74 Å². The lowest BCUT2D eigenvalue weighted by atomic mass is 10.2. The van der Waals surface area contributed by atoms with Crippen LogP contribution in [-0.4, -0.2) is 64.3 Å². The van der Waals surface area contributed by atoms with Gasteiger partial charge >= 0.3 is 0 Å². The summed E-state index contributed by atoms with van der Waals surface area (Å²) in [5, 5.41) is 6.67. The van der Waals surface area contributed by atoms with E-state index in [1.165, 1.54) is 38.8 Å². The Morgan fingerprint density at radius 3 is 2.42 bits per heavy atom. The summed E-state index contributed by atoms with van der Waals surface area (Å²) in [6.45, 7) is 6.26. The number of nitrogens with one attached hydrogen (secondary N) is 2. The lowest BCUT2D eigenvalue weighted by Gasteiger charge is -2.20. The Morgan fingerprint density at radius 1 is 1.11 bits per heavy atom. The van der Waals surface area contributed by atoms with E-state index in [1.54, 1.807) is 7.11 Å². The van der Waals surface area contributed by atoms with E-state index in [0.717, 1.165) is 38.6 Å². The molecule has 0 spiro atoms. The standard InChI is InChI=1S/C14H30N4O/c1-15-14(16-8-7-13-19-2)17-9-12-18-10-5-3-4-6-11-18/h3-13H2,1-2H3,(H2,15,16,17). The normalized spacial score (nSPS) is 18.1. The van der Waals surface area contributed by atoms with Gasteiger partial charge in [-0.1, -0.05) is 12.8 Å². The molecule has 19 heavy (non-hydrogen) atoms. The molecule has 0 amide bonds. The van der Waals surface area contributed by atoms with Gasteiger partial charge in [0, 0.05) is 40.4 Å². The molecule has 1 aliphatic rings. The van der Waals surface area contributed by atoms with Crippen molar-refractivity contribution < 1.29 is 4.74 Å². The van der Waals surface area contributed by atoms with Crippen LogP contribution in [0.5, 0.6) is 0 Å². The molecule has 0 radical (unpaired) electrons. The molecule has 0 saturated carbocycles. The van der Waals surface area contributed by atoms with Crippen LogP contribution in [0.2, 0.25) is 0 Å². The molecule has 2 N–H and O–H groups in total. The van der Waals surface area contributed by atoms with E-state index < -0.39 is 0 Å². The van der Waals surface area contributed by atoms with E-state index in [0.29, 0.717) is 0 Å². The minimum atomic E-state index is 0.789. The van der Waals surface area contributed by atoms with Gasteiger partial charge < -0.3 is 20.3 Å². The lowest BCUT2D eigenvalue weighted by molar-refractivity contribution is 0.195. The van der Waals surface area contributed by atoms with Crippen molar-refractivity contribution in [1.29, 1.82) is 0 Å². The summed E-state index contributed by atoms with van der Waals surface area (Å²) in [6, 6.07) is 0. The summed E-state index contributed by atoms with van der Waals surface area (Å²) in [7, 11) is 3.55. The third kappa shape index (κ3) is 8.06. The first-order valence-corrected chi connectivity index (χ1v) is 7.52. The van der Waals surface area contributed by atoms with Crippen LogP contribution in [0.25, 0.3) is 0 Å². The Bertz CT molecular complexity index is 238. The zero-order valence-electron chi connectivity index (χ0n) is 12.6. The zero-order chi connectivity index (χ0) is 13.8. The first-order valence-electron chi connectivity index (χ1n) is 7.52. The van der Waals surface area contributed by atoms with E-state index in [1.807, 2.05) is 7.05 Å². The van der Waals surface area contributed by atoms with Crippen LogP contribution in [0.4, 0.5) is 0 Å². The maximum atomic E-state index is 5.02. The lowest BCUT2D eigenvalue weighted by Crippen LogP contribution is -2.42. The number of hydrogen-bond acceptors (Lipinski definition) is 3. The smallest absolute Gasteiger partial charge is 0.191 e. The highest BCUT2D eigenvalue weighted by Gasteiger charge is 2.08. The molecule has 1 saturated heterocycles. The minimum Gasteiger partial charge on any atom is -0.385 e. The van der Waals surface area contributed by atoms with Crippen molar-refractivity contribution in [1.82, 2.24) is 15.5 Å². The van der Waals surface area contributed by atoms with Gasteiger partial charge in [-0.05, 0) is 32.4 Å². The Hall–Kier alpha value is -0.810. The maximum absolute atomic E-state index is 5.02. The van der Waals surface area contributed by atoms with Gasteiger partial charge in [-0.15, -0.1) is 0 Å². The number of aliphatic imine (C=N–C) groups is 1. The van der Waals surface area contributed by atoms with Crippen molar-refractivity contribution in [2.24, 2.45) is 4.99 Å². The fraction of sp³-hybridized carbons (Fsp3) is 0.929. The molecule has 0 unspecified atom stereocenters. The molecule has 1 fully saturated rings. The second-order valence-corrected chi connectivity index (χ2v) is 5.03. The molecule has 5 heteroatoms. The molecule has 1 aliphatic heterocycles. The Labute approximate surface area is 117 Å². The summed E-state index contributed by atoms with van der Waals surface area (Å²) < 4.78 is 5.02. The van der Waals surface area contributed by atoms with E-state index in [9.17, 15) is 0 Å². The van der Waals surface area contributed by atoms with Gasteiger partial charge in [0.1, 0.15) is 0 Å². The van der Waals surface area contributed by atoms with E-state index >= 15 is 0 Å². The fourth-order valence-corrected chi connectivity index (χ4v) is 2.34. The monoisotopic (exact) mass is 270 g/mol. The van der Waals surface area contributed by atoms with Crippen molar-refractivity contribution in [3.63, 3.8) is 0 Å². The summed E-state index contributed by atoms with van der Waals surface area (Å²) in [6.07, 6.45) is 6.50. The van der Waals surface area contributed by atoms with Crippen LogP contribution in [0, 0.1) is 0 Å². The highest BCUT2D eigenvalue weighted by molar-refractivity contribution is 5.79.